The SMILES string of the molecule is CC(C)(C)c1oc(C(F)(F)F)nc1C(F)(F)F. The number of hydrogen-bond donors (Lipinski definition) is 0. The van der Waals surface area contributed by atoms with Crippen LogP contribution in [0.15, 0.2) is 4.42 Å². The van der Waals surface area contributed by atoms with Gasteiger partial charge in [0, 0.05) is 5.41 Å². The Morgan fingerprint density at radius 1 is 0.882 bits per heavy atom. The van der Waals surface area contributed by atoms with Crippen LogP contribution in [0, 0.1) is 0 Å². The lowest BCUT2D eigenvalue weighted by atomic mass is 9.92. The van der Waals surface area contributed by atoms with Crippen LogP contribution in [0.1, 0.15) is 38.1 Å². The maximum atomic E-state index is 12.5. The maximum absolute atomic E-state index is 12.5. The summed E-state index contributed by atoms with van der Waals surface area (Å²) in [7, 11) is 0. The second-order valence-corrected chi connectivity index (χ2v) is 4.44. The van der Waals surface area contributed by atoms with E-state index in [9.17, 15) is 26.3 Å². The van der Waals surface area contributed by atoms with Crippen molar-refractivity contribution in [2.24, 2.45) is 0 Å². The minimum atomic E-state index is -5.04. The van der Waals surface area contributed by atoms with Gasteiger partial charge in [0.15, 0.2) is 5.69 Å². The molecule has 0 atom stereocenters. The van der Waals surface area contributed by atoms with Gasteiger partial charge in [-0.2, -0.15) is 26.3 Å². The summed E-state index contributed by atoms with van der Waals surface area (Å²) in [5.74, 6) is -2.70. The van der Waals surface area contributed by atoms with E-state index < -0.39 is 35.1 Å². The summed E-state index contributed by atoms with van der Waals surface area (Å²) in [6.07, 6.45) is -10.0. The van der Waals surface area contributed by atoms with Gasteiger partial charge in [-0.05, 0) is 0 Å². The van der Waals surface area contributed by atoms with Gasteiger partial charge in [-0.15, -0.1) is 0 Å². The summed E-state index contributed by atoms with van der Waals surface area (Å²) >= 11 is 0. The number of oxazole rings is 1. The highest BCUT2D eigenvalue weighted by Gasteiger charge is 2.47. The van der Waals surface area contributed by atoms with E-state index in [0.29, 0.717) is 0 Å². The third kappa shape index (κ3) is 2.92. The fraction of sp³-hybridized carbons (Fsp3) is 0.667. The van der Waals surface area contributed by atoms with Crippen molar-refractivity contribution >= 4 is 0 Å². The van der Waals surface area contributed by atoms with Crippen molar-refractivity contribution in [3.8, 4) is 0 Å². The molecule has 0 amide bonds. The van der Waals surface area contributed by atoms with E-state index in [1.54, 1.807) is 0 Å². The first-order chi connectivity index (χ1) is 7.33. The Bertz CT molecular complexity index is 377. The van der Waals surface area contributed by atoms with E-state index in [1.807, 2.05) is 0 Å². The number of nitrogens with zero attached hydrogens (tertiary/aromatic N) is 1. The molecule has 0 aromatic carbocycles. The van der Waals surface area contributed by atoms with Gasteiger partial charge in [0.25, 0.3) is 0 Å². The molecule has 0 fully saturated rings. The molecule has 0 saturated heterocycles. The molecule has 0 radical (unpaired) electrons. The molecule has 0 aliphatic rings. The van der Waals surface area contributed by atoms with Crippen LogP contribution in [-0.2, 0) is 17.8 Å². The fourth-order valence-electron chi connectivity index (χ4n) is 1.14. The van der Waals surface area contributed by atoms with Crippen molar-refractivity contribution < 1.29 is 30.8 Å². The van der Waals surface area contributed by atoms with Crippen LogP contribution in [0.3, 0.4) is 0 Å². The molecule has 1 aromatic rings. The second kappa shape index (κ2) is 3.64. The number of alkyl halides is 6. The minimum absolute atomic E-state index is 0.822. The molecule has 0 bridgehead atoms. The van der Waals surface area contributed by atoms with Crippen LogP contribution in [0.25, 0.3) is 0 Å². The van der Waals surface area contributed by atoms with Gasteiger partial charge in [0.05, 0.1) is 0 Å². The first kappa shape index (κ1) is 13.9. The average Bonchev–Trinajstić information content (AvgIpc) is 2.42. The van der Waals surface area contributed by atoms with Crippen molar-refractivity contribution in [3.63, 3.8) is 0 Å². The zero-order valence-electron chi connectivity index (χ0n) is 9.12. The number of aromatic nitrogens is 1. The Labute approximate surface area is 92.6 Å². The zero-order valence-corrected chi connectivity index (χ0v) is 9.12. The van der Waals surface area contributed by atoms with Crippen LogP contribution in [0.2, 0.25) is 0 Å². The van der Waals surface area contributed by atoms with Crippen molar-refractivity contribution in [3.05, 3.63) is 17.3 Å². The standard InChI is InChI=1S/C9H9F6NO/c1-7(2,3)5-4(8(10,11)12)16-6(17-5)9(13,14)15/h1-3H3. The highest BCUT2D eigenvalue weighted by Crippen LogP contribution is 2.40. The minimum Gasteiger partial charge on any atom is -0.437 e. The average molecular weight is 261 g/mol. The predicted octanol–water partition coefficient (Wildman–Crippen LogP) is 4.01. The van der Waals surface area contributed by atoms with Gasteiger partial charge in [-0.25, -0.2) is 4.98 Å². The molecular weight excluding hydrogens is 252 g/mol. The lowest BCUT2D eigenvalue weighted by Gasteiger charge is -2.17. The monoisotopic (exact) mass is 261 g/mol. The first-order valence-corrected chi connectivity index (χ1v) is 4.49. The summed E-state index contributed by atoms with van der Waals surface area (Å²) in [4.78, 5) is 2.50. The summed E-state index contributed by atoms with van der Waals surface area (Å²) < 4.78 is 78.4. The lowest BCUT2D eigenvalue weighted by molar-refractivity contribution is -0.158. The third-order valence-corrected chi connectivity index (χ3v) is 1.82. The van der Waals surface area contributed by atoms with Gasteiger partial charge < -0.3 is 4.42 Å². The molecule has 2 nitrogen and oxygen atoms in total. The molecule has 0 unspecified atom stereocenters. The Morgan fingerprint density at radius 2 is 1.35 bits per heavy atom. The third-order valence-electron chi connectivity index (χ3n) is 1.82. The molecular formula is C9H9F6NO. The van der Waals surface area contributed by atoms with Crippen molar-refractivity contribution in [2.45, 2.75) is 38.5 Å². The topological polar surface area (TPSA) is 26.0 Å². The van der Waals surface area contributed by atoms with Crippen molar-refractivity contribution in [1.82, 2.24) is 4.98 Å². The van der Waals surface area contributed by atoms with Gasteiger partial charge >= 0.3 is 18.2 Å². The van der Waals surface area contributed by atoms with Crippen molar-refractivity contribution in [2.75, 3.05) is 0 Å². The first-order valence-electron chi connectivity index (χ1n) is 4.49. The summed E-state index contributed by atoms with van der Waals surface area (Å²) in [5.41, 5.74) is -2.85. The van der Waals surface area contributed by atoms with E-state index in [-0.39, 0.29) is 0 Å². The predicted molar refractivity (Wildman–Crippen MR) is 45.2 cm³/mol. The molecule has 17 heavy (non-hydrogen) atoms. The smallest absolute Gasteiger partial charge is 0.437 e. The molecule has 0 aliphatic heterocycles. The Kier molecular flexibility index (Phi) is 2.97. The van der Waals surface area contributed by atoms with Gasteiger partial charge in [-0.3, -0.25) is 0 Å². The van der Waals surface area contributed by atoms with Gasteiger partial charge in [0.2, 0.25) is 0 Å². The van der Waals surface area contributed by atoms with E-state index in [4.69, 9.17) is 0 Å². The summed E-state index contributed by atoms with van der Waals surface area (Å²) in [6.45, 7) is 3.93. The highest BCUT2D eigenvalue weighted by molar-refractivity contribution is 5.21. The molecule has 0 spiro atoms. The van der Waals surface area contributed by atoms with Crippen molar-refractivity contribution in [1.29, 1.82) is 0 Å². The second-order valence-electron chi connectivity index (χ2n) is 4.44. The number of halogens is 6. The van der Waals surface area contributed by atoms with Crippen LogP contribution in [0.5, 0.6) is 0 Å². The molecule has 1 heterocycles. The molecule has 1 aromatic heterocycles. The lowest BCUT2D eigenvalue weighted by Crippen LogP contribution is -2.18. The van der Waals surface area contributed by atoms with Crippen LogP contribution < -0.4 is 0 Å². The van der Waals surface area contributed by atoms with Crippen LogP contribution in [-0.4, -0.2) is 4.98 Å². The molecule has 1 rings (SSSR count). The molecule has 0 aliphatic carbocycles. The highest BCUT2D eigenvalue weighted by atomic mass is 19.4. The Balaban J connectivity index is 3.44. The Morgan fingerprint density at radius 3 is 1.59 bits per heavy atom. The molecule has 8 heteroatoms. The molecule has 0 saturated carbocycles. The number of rotatable bonds is 0. The maximum Gasteiger partial charge on any atom is 0.468 e. The number of hydrogen-bond acceptors (Lipinski definition) is 2. The molecule has 0 N–H and O–H groups in total. The largest absolute Gasteiger partial charge is 0.468 e. The van der Waals surface area contributed by atoms with Gasteiger partial charge in [-0.1, -0.05) is 20.8 Å². The summed E-state index contributed by atoms with van der Waals surface area (Å²) in [5, 5.41) is 0. The normalized spacial score (nSPS) is 14.2. The van der Waals surface area contributed by atoms with E-state index in [0.717, 1.165) is 0 Å². The van der Waals surface area contributed by atoms with E-state index in [1.165, 1.54) is 20.8 Å². The van der Waals surface area contributed by atoms with Crippen LogP contribution in [0.4, 0.5) is 26.3 Å². The quantitative estimate of drug-likeness (QED) is 0.659. The Hall–Kier alpha value is -1.21. The molecule has 98 valence electrons. The fourth-order valence-corrected chi connectivity index (χ4v) is 1.14. The van der Waals surface area contributed by atoms with E-state index >= 15 is 0 Å². The van der Waals surface area contributed by atoms with E-state index in [2.05, 4.69) is 9.40 Å². The van der Waals surface area contributed by atoms with Gasteiger partial charge in [0.1, 0.15) is 5.76 Å². The zero-order chi connectivity index (χ0) is 13.6. The van der Waals surface area contributed by atoms with Crippen LogP contribution >= 0.6 is 0 Å². The summed E-state index contributed by atoms with van der Waals surface area (Å²) in [6, 6.07) is 0.